The summed E-state index contributed by atoms with van der Waals surface area (Å²) in [5.41, 5.74) is 0. The van der Waals surface area contributed by atoms with Gasteiger partial charge in [0.15, 0.2) is 5.96 Å². The third-order valence-electron chi connectivity index (χ3n) is 3.26. The molecule has 0 unspecified atom stereocenters. The van der Waals surface area contributed by atoms with Gasteiger partial charge in [-0.1, -0.05) is 6.92 Å². The lowest BCUT2D eigenvalue weighted by Crippen LogP contribution is -2.41. The van der Waals surface area contributed by atoms with Crippen molar-refractivity contribution in [2.24, 2.45) is 10.9 Å². The van der Waals surface area contributed by atoms with Crippen LogP contribution in [0.15, 0.2) is 4.99 Å². The van der Waals surface area contributed by atoms with Gasteiger partial charge in [0.05, 0.1) is 6.61 Å². The number of hydrogen-bond acceptors (Lipinski definition) is 3. The van der Waals surface area contributed by atoms with Crippen LogP contribution in [0.2, 0.25) is 0 Å². The van der Waals surface area contributed by atoms with Gasteiger partial charge < -0.3 is 20.3 Å². The lowest BCUT2D eigenvalue weighted by molar-refractivity contribution is -0.119. The second kappa shape index (κ2) is 12.9. The average molecular weight is 426 g/mol. The van der Waals surface area contributed by atoms with Crippen LogP contribution in [0.3, 0.4) is 0 Å². The van der Waals surface area contributed by atoms with Crippen molar-refractivity contribution in [3.05, 3.63) is 0 Å². The van der Waals surface area contributed by atoms with Gasteiger partial charge in [-0.3, -0.25) is 4.79 Å². The minimum Gasteiger partial charge on any atom is -0.379 e. The van der Waals surface area contributed by atoms with Crippen molar-refractivity contribution in [3.8, 4) is 0 Å². The summed E-state index contributed by atoms with van der Waals surface area (Å²) in [6, 6.07) is 0. The topological polar surface area (TPSA) is 66.0 Å². The molecule has 0 saturated heterocycles. The van der Waals surface area contributed by atoms with E-state index in [0.717, 1.165) is 38.0 Å². The second-order valence-corrected chi connectivity index (χ2v) is 5.46. The Bertz CT molecular complexity index is 336. The summed E-state index contributed by atoms with van der Waals surface area (Å²) >= 11 is 0. The van der Waals surface area contributed by atoms with E-state index < -0.39 is 0 Å². The van der Waals surface area contributed by atoms with Gasteiger partial charge >= 0.3 is 0 Å². The molecule has 0 spiro atoms. The molecule has 0 atom stereocenters. The zero-order valence-corrected chi connectivity index (χ0v) is 16.4. The molecular weight excluding hydrogens is 395 g/mol. The van der Waals surface area contributed by atoms with Crippen molar-refractivity contribution in [3.63, 3.8) is 0 Å². The Morgan fingerprint density at radius 2 is 2.05 bits per heavy atom. The highest BCUT2D eigenvalue weighted by atomic mass is 127. The summed E-state index contributed by atoms with van der Waals surface area (Å²) in [6.45, 7) is 8.04. The SMILES string of the molecule is CCCNC(=O)CN=C(NCC)N(C)CCOCC1CC1.I. The van der Waals surface area contributed by atoms with Crippen LogP contribution in [0.4, 0.5) is 0 Å². The number of hydrogen-bond donors (Lipinski definition) is 2. The van der Waals surface area contributed by atoms with Gasteiger partial charge in [-0.15, -0.1) is 24.0 Å². The number of rotatable bonds is 10. The lowest BCUT2D eigenvalue weighted by Gasteiger charge is -2.21. The van der Waals surface area contributed by atoms with E-state index in [1.807, 2.05) is 25.8 Å². The monoisotopic (exact) mass is 426 g/mol. The van der Waals surface area contributed by atoms with Crippen molar-refractivity contribution in [2.75, 3.05) is 46.4 Å². The van der Waals surface area contributed by atoms with Crippen LogP contribution >= 0.6 is 24.0 Å². The Labute approximate surface area is 151 Å². The van der Waals surface area contributed by atoms with Gasteiger partial charge in [0.2, 0.25) is 5.91 Å². The van der Waals surface area contributed by atoms with E-state index in [-0.39, 0.29) is 36.4 Å². The number of nitrogens with one attached hydrogen (secondary N) is 2. The summed E-state index contributed by atoms with van der Waals surface area (Å²) < 4.78 is 5.63. The highest BCUT2D eigenvalue weighted by molar-refractivity contribution is 14.0. The standard InChI is InChI=1S/C15H30N4O2.HI/c1-4-8-17-14(20)11-18-15(16-5-2)19(3)9-10-21-12-13-6-7-13;/h13H,4-12H2,1-3H3,(H,16,18)(H,17,20);1H. The van der Waals surface area contributed by atoms with E-state index in [1.165, 1.54) is 12.8 Å². The molecule has 1 saturated carbocycles. The molecule has 1 aliphatic rings. The molecule has 1 aliphatic carbocycles. The number of likely N-dealkylation sites (N-methyl/N-ethyl adjacent to an activating group) is 1. The number of carbonyl (C=O) groups excluding carboxylic acids is 1. The minimum absolute atomic E-state index is 0. The summed E-state index contributed by atoms with van der Waals surface area (Å²) in [7, 11) is 1.96. The molecule has 0 radical (unpaired) electrons. The molecule has 1 fully saturated rings. The second-order valence-electron chi connectivity index (χ2n) is 5.46. The van der Waals surface area contributed by atoms with E-state index >= 15 is 0 Å². The summed E-state index contributed by atoms with van der Waals surface area (Å²) in [5.74, 6) is 1.50. The number of halogens is 1. The predicted molar refractivity (Wildman–Crippen MR) is 101 cm³/mol. The van der Waals surface area contributed by atoms with Crippen LogP contribution in [-0.2, 0) is 9.53 Å². The van der Waals surface area contributed by atoms with Crippen LogP contribution in [0.5, 0.6) is 0 Å². The maximum absolute atomic E-state index is 11.6. The van der Waals surface area contributed by atoms with E-state index in [2.05, 4.69) is 15.6 Å². The number of ether oxygens (including phenoxy) is 1. The molecular formula is C15H31IN4O2. The first-order valence-corrected chi connectivity index (χ1v) is 8.01. The van der Waals surface area contributed by atoms with Gasteiger partial charge in [0.1, 0.15) is 6.54 Å². The van der Waals surface area contributed by atoms with E-state index in [0.29, 0.717) is 13.2 Å². The maximum Gasteiger partial charge on any atom is 0.241 e. The Kier molecular flexibility index (Phi) is 12.6. The molecule has 22 heavy (non-hydrogen) atoms. The first-order valence-electron chi connectivity index (χ1n) is 8.01. The molecule has 2 N–H and O–H groups in total. The van der Waals surface area contributed by atoms with Gasteiger partial charge in [0, 0.05) is 33.3 Å². The summed E-state index contributed by atoms with van der Waals surface area (Å²) in [4.78, 5) is 17.9. The minimum atomic E-state index is -0.0364. The molecule has 7 heteroatoms. The number of nitrogens with zero attached hydrogens (tertiary/aromatic N) is 2. The van der Waals surface area contributed by atoms with Crippen LogP contribution in [0.25, 0.3) is 0 Å². The zero-order valence-electron chi connectivity index (χ0n) is 14.1. The number of amides is 1. The predicted octanol–water partition coefficient (Wildman–Crippen LogP) is 1.45. The van der Waals surface area contributed by atoms with E-state index in [4.69, 9.17) is 4.74 Å². The van der Waals surface area contributed by atoms with Crippen LogP contribution < -0.4 is 10.6 Å². The number of guanidine groups is 1. The van der Waals surface area contributed by atoms with E-state index in [9.17, 15) is 4.79 Å². The molecule has 0 heterocycles. The molecule has 1 rings (SSSR count). The van der Waals surface area contributed by atoms with Crippen molar-refractivity contribution >= 4 is 35.8 Å². The molecule has 0 aromatic rings. The van der Waals surface area contributed by atoms with Gasteiger partial charge in [-0.05, 0) is 32.1 Å². The van der Waals surface area contributed by atoms with Crippen LogP contribution in [0, 0.1) is 5.92 Å². The molecule has 130 valence electrons. The quantitative estimate of drug-likeness (QED) is 0.240. The molecule has 1 amide bonds. The zero-order chi connectivity index (χ0) is 15.5. The maximum atomic E-state index is 11.6. The fourth-order valence-corrected chi connectivity index (χ4v) is 1.78. The van der Waals surface area contributed by atoms with Crippen LogP contribution in [0.1, 0.15) is 33.1 Å². The van der Waals surface area contributed by atoms with E-state index in [1.54, 1.807) is 0 Å². The Morgan fingerprint density at radius 1 is 1.32 bits per heavy atom. The third kappa shape index (κ3) is 10.2. The fourth-order valence-electron chi connectivity index (χ4n) is 1.78. The number of aliphatic imine (C=N–C) groups is 1. The first kappa shape index (κ1) is 21.4. The molecule has 0 aliphatic heterocycles. The van der Waals surface area contributed by atoms with Crippen molar-refractivity contribution in [1.29, 1.82) is 0 Å². The molecule has 0 aromatic heterocycles. The highest BCUT2D eigenvalue weighted by Crippen LogP contribution is 2.28. The highest BCUT2D eigenvalue weighted by Gasteiger charge is 2.21. The third-order valence-corrected chi connectivity index (χ3v) is 3.26. The summed E-state index contributed by atoms with van der Waals surface area (Å²) in [5, 5.41) is 6.02. The van der Waals surface area contributed by atoms with Crippen molar-refractivity contribution < 1.29 is 9.53 Å². The van der Waals surface area contributed by atoms with Crippen LogP contribution in [-0.4, -0.2) is 63.2 Å². The summed E-state index contributed by atoms with van der Waals surface area (Å²) in [6.07, 6.45) is 3.56. The molecule has 0 aromatic carbocycles. The Balaban J connectivity index is 0.00000441. The Hall–Kier alpha value is -0.570. The van der Waals surface area contributed by atoms with Gasteiger partial charge in [-0.25, -0.2) is 4.99 Å². The normalized spacial score (nSPS) is 14.2. The number of carbonyl (C=O) groups is 1. The fraction of sp³-hybridized carbons (Fsp3) is 0.867. The van der Waals surface area contributed by atoms with Crippen molar-refractivity contribution in [1.82, 2.24) is 15.5 Å². The largest absolute Gasteiger partial charge is 0.379 e. The van der Waals surface area contributed by atoms with Gasteiger partial charge in [0.25, 0.3) is 0 Å². The average Bonchev–Trinajstić information content (AvgIpc) is 3.29. The molecule has 0 bridgehead atoms. The first-order chi connectivity index (χ1) is 10.2. The van der Waals surface area contributed by atoms with Crippen molar-refractivity contribution in [2.45, 2.75) is 33.1 Å². The molecule has 6 nitrogen and oxygen atoms in total. The smallest absolute Gasteiger partial charge is 0.241 e. The van der Waals surface area contributed by atoms with Gasteiger partial charge in [-0.2, -0.15) is 0 Å². The lowest BCUT2D eigenvalue weighted by atomic mass is 10.4. The Morgan fingerprint density at radius 3 is 2.64 bits per heavy atom.